The van der Waals surface area contributed by atoms with Gasteiger partial charge in [-0.1, -0.05) is 6.92 Å². The van der Waals surface area contributed by atoms with Gasteiger partial charge in [0.25, 0.3) is 0 Å². The highest BCUT2D eigenvalue weighted by Gasteiger charge is 2.30. The molecule has 7 heteroatoms. The second-order valence-electron chi connectivity index (χ2n) is 3.95. The number of alkyl halides is 3. The lowest BCUT2D eigenvalue weighted by Crippen LogP contribution is -2.24. The zero-order valence-corrected chi connectivity index (χ0v) is 10.3. The van der Waals surface area contributed by atoms with Gasteiger partial charge in [-0.2, -0.15) is 13.2 Å². The zero-order valence-electron chi connectivity index (χ0n) is 10.3. The van der Waals surface area contributed by atoms with E-state index in [-0.39, 0.29) is 0 Å². The van der Waals surface area contributed by atoms with E-state index in [1.54, 1.807) is 0 Å². The van der Waals surface area contributed by atoms with Crippen LogP contribution in [0.25, 0.3) is 0 Å². The number of hydrogen-bond acceptors (Lipinski definition) is 4. The summed E-state index contributed by atoms with van der Waals surface area (Å²) >= 11 is 0. The highest BCUT2D eigenvalue weighted by atomic mass is 19.4. The van der Waals surface area contributed by atoms with Gasteiger partial charge in [0.05, 0.1) is 13.0 Å². The highest BCUT2D eigenvalue weighted by Crippen LogP contribution is 2.23. The van der Waals surface area contributed by atoms with Crippen LogP contribution in [0.4, 0.5) is 19.0 Å². The molecule has 0 saturated carbocycles. The van der Waals surface area contributed by atoms with Crippen molar-refractivity contribution in [2.45, 2.75) is 38.9 Å². The number of hydrogen-bond donors (Lipinski definition) is 1. The van der Waals surface area contributed by atoms with Crippen LogP contribution in [0.5, 0.6) is 5.88 Å². The molecule has 0 amide bonds. The lowest BCUT2D eigenvalue weighted by Gasteiger charge is -2.16. The number of rotatable bonds is 6. The van der Waals surface area contributed by atoms with Crippen molar-refractivity contribution in [2.75, 3.05) is 11.9 Å². The summed E-state index contributed by atoms with van der Waals surface area (Å²) in [5, 5.41) is 2.66. The summed E-state index contributed by atoms with van der Waals surface area (Å²) in [7, 11) is 0. The minimum absolute atomic E-state index is 0.327. The predicted octanol–water partition coefficient (Wildman–Crippen LogP) is 3.02. The summed E-state index contributed by atoms with van der Waals surface area (Å²) in [5.74, 6) is 0.682. The molecule has 0 saturated heterocycles. The van der Waals surface area contributed by atoms with Crippen molar-refractivity contribution in [3.8, 4) is 5.88 Å². The second-order valence-corrected chi connectivity index (χ2v) is 3.95. The molecule has 0 spiro atoms. The Hall–Kier alpha value is -1.53. The molecule has 1 rings (SSSR count). The number of ether oxygens (including phenoxy) is 1. The zero-order chi connectivity index (χ0) is 13.6. The van der Waals surface area contributed by atoms with Crippen LogP contribution in [0, 0.1) is 0 Å². The summed E-state index contributed by atoms with van der Waals surface area (Å²) in [6, 6.07) is 0.738. The molecule has 4 nitrogen and oxygen atoms in total. The van der Waals surface area contributed by atoms with Crippen LogP contribution in [0.3, 0.4) is 0 Å². The second kappa shape index (κ2) is 6.42. The van der Waals surface area contributed by atoms with E-state index in [9.17, 15) is 13.2 Å². The Morgan fingerprint density at radius 3 is 2.72 bits per heavy atom. The van der Waals surface area contributed by atoms with Crippen molar-refractivity contribution in [3.63, 3.8) is 0 Å². The van der Waals surface area contributed by atoms with Crippen LogP contribution in [0.2, 0.25) is 0 Å². The fourth-order valence-corrected chi connectivity index (χ4v) is 1.35. The van der Waals surface area contributed by atoms with Gasteiger partial charge in [-0.25, -0.2) is 9.97 Å². The summed E-state index contributed by atoms with van der Waals surface area (Å²) < 4.78 is 41.7. The first-order chi connectivity index (χ1) is 8.40. The van der Waals surface area contributed by atoms with Gasteiger partial charge in [0.15, 0.2) is 0 Å². The topological polar surface area (TPSA) is 47.0 Å². The predicted molar refractivity (Wildman–Crippen MR) is 61.6 cm³/mol. The molecule has 1 aromatic heterocycles. The van der Waals surface area contributed by atoms with Crippen LogP contribution in [-0.4, -0.2) is 28.8 Å². The van der Waals surface area contributed by atoms with Crippen molar-refractivity contribution < 1.29 is 17.9 Å². The lowest BCUT2D eigenvalue weighted by molar-refractivity contribution is -0.136. The van der Waals surface area contributed by atoms with Gasteiger partial charge < -0.3 is 10.1 Å². The molecular weight excluding hydrogens is 247 g/mol. The Kier molecular flexibility index (Phi) is 5.18. The molecule has 0 bridgehead atoms. The monoisotopic (exact) mass is 263 g/mol. The minimum Gasteiger partial charge on any atom is -0.478 e. The van der Waals surface area contributed by atoms with Crippen LogP contribution in [0.1, 0.15) is 26.7 Å². The van der Waals surface area contributed by atoms with Crippen molar-refractivity contribution in [2.24, 2.45) is 0 Å². The molecule has 0 radical (unpaired) electrons. The number of halogens is 3. The molecule has 18 heavy (non-hydrogen) atoms. The Balaban J connectivity index is 2.56. The summed E-state index contributed by atoms with van der Waals surface area (Å²) in [4.78, 5) is 7.71. The normalized spacial score (nSPS) is 13.2. The van der Waals surface area contributed by atoms with E-state index >= 15 is 0 Å². The molecule has 1 aromatic rings. The van der Waals surface area contributed by atoms with E-state index < -0.39 is 18.6 Å². The molecule has 0 aliphatic carbocycles. The standard InChI is InChI=1S/C11H16F3N3O/c1-3-4-18-10-5-9(15-7-16-10)17-8(2)6-11(12,13)14/h5,7-8H,3-4,6H2,1-2H3,(H,15,16,17). The molecule has 1 atom stereocenters. The van der Waals surface area contributed by atoms with Crippen LogP contribution in [0.15, 0.2) is 12.4 Å². The van der Waals surface area contributed by atoms with Gasteiger partial charge in [0.1, 0.15) is 12.1 Å². The maximum Gasteiger partial charge on any atom is 0.391 e. The van der Waals surface area contributed by atoms with Crippen molar-refractivity contribution in [1.82, 2.24) is 9.97 Å². The summed E-state index contributed by atoms with van der Waals surface area (Å²) in [5.41, 5.74) is 0. The SMILES string of the molecule is CCCOc1cc(NC(C)CC(F)(F)F)ncn1. The van der Waals surface area contributed by atoms with E-state index in [0.29, 0.717) is 18.3 Å². The maximum absolute atomic E-state index is 12.2. The molecular formula is C11H16F3N3O. The third kappa shape index (κ3) is 5.70. The molecule has 1 N–H and O–H groups in total. The van der Waals surface area contributed by atoms with Gasteiger partial charge in [0, 0.05) is 12.1 Å². The maximum atomic E-state index is 12.2. The first kappa shape index (κ1) is 14.5. The van der Waals surface area contributed by atoms with Gasteiger partial charge in [0.2, 0.25) is 5.88 Å². The Morgan fingerprint density at radius 2 is 2.11 bits per heavy atom. The van der Waals surface area contributed by atoms with E-state index in [2.05, 4.69) is 15.3 Å². The van der Waals surface area contributed by atoms with Gasteiger partial charge in [-0.3, -0.25) is 0 Å². The molecule has 0 aliphatic rings. The molecule has 102 valence electrons. The number of anilines is 1. The fourth-order valence-electron chi connectivity index (χ4n) is 1.35. The highest BCUT2D eigenvalue weighted by molar-refractivity contribution is 5.37. The largest absolute Gasteiger partial charge is 0.478 e. The number of nitrogens with one attached hydrogen (secondary N) is 1. The quantitative estimate of drug-likeness (QED) is 0.857. The van der Waals surface area contributed by atoms with Gasteiger partial charge >= 0.3 is 6.18 Å². The van der Waals surface area contributed by atoms with Gasteiger partial charge in [-0.05, 0) is 13.3 Å². The van der Waals surface area contributed by atoms with E-state index in [1.165, 1.54) is 19.3 Å². The molecule has 1 unspecified atom stereocenters. The fraction of sp³-hybridized carbons (Fsp3) is 0.636. The molecule has 0 aromatic carbocycles. The average Bonchev–Trinajstić information content (AvgIpc) is 2.24. The number of aromatic nitrogens is 2. The third-order valence-corrected chi connectivity index (χ3v) is 2.03. The van der Waals surface area contributed by atoms with Crippen LogP contribution >= 0.6 is 0 Å². The van der Waals surface area contributed by atoms with Crippen molar-refractivity contribution in [3.05, 3.63) is 12.4 Å². The van der Waals surface area contributed by atoms with Crippen LogP contribution < -0.4 is 10.1 Å². The first-order valence-electron chi connectivity index (χ1n) is 5.69. The van der Waals surface area contributed by atoms with E-state index in [0.717, 1.165) is 6.42 Å². The Bertz CT molecular complexity index is 371. The first-order valence-corrected chi connectivity index (χ1v) is 5.69. The lowest BCUT2D eigenvalue weighted by atomic mass is 10.2. The Labute approximate surface area is 104 Å². The summed E-state index contributed by atoms with van der Waals surface area (Å²) in [6.07, 6.45) is -3.02. The molecule has 0 aliphatic heterocycles. The minimum atomic E-state index is -4.19. The van der Waals surface area contributed by atoms with E-state index in [4.69, 9.17) is 4.74 Å². The molecule has 1 heterocycles. The third-order valence-electron chi connectivity index (χ3n) is 2.03. The van der Waals surface area contributed by atoms with Gasteiger partial charge in [-0.15, -0.1) is 0 Å². The number of nitrogens with zero attached hydrogens (tertiary/aromatic N) is 2. The average molecular weight is 263 g/mol. The van der Waals surface area contributed by atoms with Crippen molar-refractivity contribution >= 4 is 5.82 Å². The molecule has 0 fully saturated rings. The Morgan fingerprint density at radius 1 is 1.39 bits per heavy atom. The van der Waals surface area contributed by atoms with Crippen molar-refractivity contribution in [1.29, 1.82) is 0 Å². The smallest absolute Gasteiger partial charge is 0.391 e. The summed E-state index contributed by atoms with van der Waals surface area (Å²) in [6.45, 7) is 3.91. The van der Waals surface area contributed by atoms with E-state index in [1.807, 2.05) is 6.92 Å². The van der Waals surface area contributed by atoms with Crippen LogP contribution in [-0.2, 0) is 0 Å².